The number of rotatable bonds is 5. The number of hydrogen-bond donors (Lipinski definition) is 0. The zero-order valence-electron chi connectivity index (χ0n) is 7.72. The van der Waals surface area contributed by atoms with Gasteiger partial charge in [-0.05, 0) is 33.6 Å². The Labute approximate surface area is 68.9 Å². The molecule has 0 heterocycles. The molecule has 0 spiro atoms. The standard InChI is InChI=1S/C9H18O2/c1-9(2,3)11-8-6-4-5-7-10/h7H,4-6,8H2,1-3H3. The monoisotopic (exact) mass is 158 g/mol. The van der Waals surface area contributed by atoms with E-state index in [4.69, 9.17) is 4.74 Å². The Kier molecular flexibility index (Phi) is 5.12. The normalized spacial score (nSPS) is 11.5. The van der Waals surface area contributed by atoms with Crippen LogP contribution in [0, 0.1) is 0 Å². The van der Waals surface area contributed by atoms with Crippen LogP contribution in [0.25, 0.3) is 0 Å². The fraction of sp³-hybridized carbons (Fsp3) is 0.889. The van der Waals surface area contributed by atoms with Crippen LogP contribution in [0.15, 0.2) is 0 Å². The molecule has 0 aromatic carbocycles. The third-order valence-electron chi connectivity index (χ3n) is 1.25. The molecule has 0 aliphatic heterocycles. The Bertz CT molecular complexity index is 103. The van der Waals surface area contributed by atoms with Crippen molar-refractivity contribution in [1.29, 1.82) is 0 Å². The first-order valence-electron chi connectivity index (χ1n) is 4.14. The third-order valence-corrected chi connectivity index (χ3v) is 1.25. The summed E-state index contributed by atoms with van der Waals surface area (Å²) in [6.07, 6.45) is 3.54. The summed E-state index contributed by atoms with van der Waals surface area (Å²) in [5.74, 6) is 0. The van der Waals surface area contributed by atoms with Crippen LogP contribution >= 0.6 is 0 Å². The van der Waals surface area contributed by atoms with Gasteiger partial charge in [0.05, 0.1) is 5.60 Å². The molecule has 0 radical (unpaired) electrons. The van der Waals surface area contributed by atoms with Crippen molar-refractivity contribution in [1.82, 2.24) is 0 Å². The van der Waals surface area contributed by atoms with Crippen molar-refractivity contribution in [2.75, 3.05) is 6.61 Å². The van der Waals surface area contributed by atoms with E-state index < -0.39 is 0 Å². The molecule has 0 amide bonds. The van der Waals surface area contributed by atoms with E-state index in [1.807, 2.05) is 20.8 Å². The van der Waals surface area contributed by atoms with Crippen molar-refractivity contribution >= 4 is 6.29 Å². The van der Waals surface area contributed by atoms with Crippen LogP contribution in [0.3, 0.4) is 0 Å². The van der Waals surface area contributed by atoms with Gasteiger partial charge in [0, 0.05) is 13.0 Å². The molecule has 2 heteroatoms. The Balaban J connectivity index is 3.08. The summed E-state index contributed by atoms with van der Waals surface area (Å²) in [6.45, 7) is 6.86. The van der Waals surface area contributed by atoms with Gasteiger partial charge < -0.3 is 9.53 Å². The molecule has 0 aliphatic rings. The summed E-state index contributed by atoms with van der Waals surface area (Å²) in [7, 11) is 0. The van der Waals surface area contributed by atoms with Crippen LogP contribution in [-0.4, -0.2) is 18.5 Å². The summed E-state index contributed by atoms with van der Waals surface area (Å²) in [5.41, 5.74) is -0.0405. The van der Waals surface area contributed by atoms with Crippen molar-refractivity contribution in [3.8, 4) is 0 Å². The molecule has 11 heavy (non-hydrogen) atoms. The fourth-order valence-corrected chi connectivity index (χ4v) is 0.708. The minimum Gasteiger partial charge on any atom is -0.376 e. The highest BCUT2D eigenvalue weighted by Crippen LogP contribution is 2.07. The van der Waals surface area contributed by atoms with Crippen LogP contribution in [-0.2, 0) is 9.53 Å². The molecule has 0 N–H and O–H groups in total. The molecular weight excluding hydrogens is 140 g/mol. The summed E-state index contributed by atoms with van der Waals surface area (Å²) in [5, 5.41) is 0. The Morgan fingerprint density at radius 3 is 2.36 bits per heavy atom. The zero-order valence-corrected chi connectivity index (χ0v) is 7.72. The maximum absolute atomic E-state index is 9.92. The lowest BCUT2D eigenvalue weighted by atomic mass is 10.2. The van der Waals surface area contributed by atoms with Gasteiger partial charge in [-0.1, -0.05) is 0 Å². The second-order valence-corrected chi connectivity index (χ2v) is 3.62. The van der Waals surface area contributed by atoms with Gasteiger partial charge in [0.25, 0.3) is 0 Å². The van der Waals surface area contributed by atoms with E-state index in [9.17, 15) is 4.79 Å². The summed E-state index contributed by atoms with van der Waals surface area (Å²) in [6, 6.07) is 0. The molecule has 0 fully saturated rings. The first-order valence-corrected chi connectivity index (χ1v) is 4.14. The molecule has 2 nitrogen and oxygen atoms in total. The molecule has 0 rings (SSSR count). The van der Waals surface area contributed by atoms with Crippen LogP contribution in [0.1, 0.15) is 40.0 Å². The molecule has 0 aromatic rings. The summed E-state index contributed by atoms with van der Waals surface area (Å²) in [4.78, 5) is 9.92. The number of carbonyl (C=O) groups is 1. The molecule has 0 saturated carbocycles. The second-order valence-electron chi connectivity index (χ2n) is 3.62. The van der Waals surface area contributed by atoms with Gasteiger partial charge in [-0.2, -0.15) is 0 Å². The highest BCUT2D eigenvalue weighted by atomic mass is 16.5. The second kappa shape index (κ2) is 5.30. The Morgan fingerprint density at radius 2 is 1.91 bits per heavy atom. The quantitative estimate of drug-likeness (QED) is 0.453. The molecule has 0 atom stereocenters. The van der Waals surface area contributed by atoms with Gasteiger partial charge in [0.2, 0.25) is 0 Å². The smallest absolute Gasteiger partial charge is 0.119 e. The van der Waals surface area contributed by atoms with E-state index in [-0.39, 0.29) is 5.60 Å². The molecule has 0 aliphatic carbocycles. The first kappa shape index (κ1) is 10.6. The highest BCUT2D eigenvalue weighted by Gasteiger charge is 2.08. The van der Waals surface area contributed by atoms with Crippen LogP contribution < -0.4 is 0 Å². The number of aldehydes is 1. The topological polar surface area (TPSA) is 26.3 Å². The summed E-state index contributed by atoms with van der Waals surface area (Å²) >= 11 is 0. The minimum absolute atomic E-state index is 0.0405. The molecule has 0 aromatic heterocycles. The van der Waals surface area contributed by atoms with Crippen LogP contribution in [0.2, 0.25) is 0 Å². The summed E-state index contributed by atoms with van der Waals surface area (Å²) < 4.78 is 5.46. The van der Waals surface area contributed by atoms with E-state index in [1.54, 1.807) is 0 Å². The van der Waals surface area contributed by atoms with E-state index in [0.29, 0.717) is 6.42 Å². The van der Waals surface area contributed by atoms with Crippen LogP contribution in [0.4, 0.5) is 0 Å². The molecule has 66 valence electrons. The van der Waals surface area contributed by atoms with E-state index >= 15 is 0 Å². The lowest BCUT2D eigenvalue weighted by Crippen LogP contribution is -2.19. The lowest BCUT2D eigenvalue weighted by molar-refractivity contribution is -0.108. The van der Waals surface area contributed by atoms with Gasteiger partial charge in [-0.15, -0.1) is 0 Å². The zero-order chi connectivity index (χ0) is 8.74. The fourth-order valence-electron chi connectivity index (χ4n) is 0.708. The van der Waals surface area contributed by atoms with Crippen molar-refractivity contribution in [3.63, 3.8) is 0 Å². The molecule has 0 bridgehead atoms. The van der Waals surface area contributed by atoms with Crippen molar-refractivity contribution < 1.29 is 9.53 Å². The van der Waals surface area contributed by atoms with Crippen molar-refractivity contribution in [2.24, 2.45) is 0 Å². The molecule has 0 unspecified atom stereocenters. The van der Waals surface area contributed by atoms with E-state index in [0.717, 1.165) is 25.7 Å². The van der Waals surface area contributed by atoms with Gasteiger partial charge in [0.15, 0.2) is 0 Å². The average molecular weight is 158 g/mol. The van der Waals surface area contributed by atoms with Crippen LogP contribution in [0.5, 0.6) is 0 Å². The SMILES string of the molecule is CC(C)(C)OCCCCC=O. The molecule has 0 saturated heterocycles. The number of hydrogen-bond acceptors (Lipinski definition) is 2. The first-order chi connectivity index (χ1) is 5.06. The van der Waals surface area contributed by atoms with Gasteiger partial charge in [-0.25, -0.2) is 0 Å². The largest absolute Gasteiger partial charge is 0.376 e. The van der Waals surface area contributed by atoms with Gasteiger partial charge in [-0.3, -0.25) is 0 Å². The van der Waals surface area contributed by atoms with Crippen molar-refractivity contribution in [3.05, 3.63) is 0 Å². The number of unbranched alkanes of at least 4 members (excludes halogenated alkanes) is 2. The third kappa shape index (κ3) is 9.63. The van der Waals surface area contributed by atoms with E-state index in [1.165, 1.54) is 0 Å². The highest BCUT2D eigenvalue weighted by molar-refractivity contribution is 5.48. The maximum Gasteiger partial charge on any atom is 0.119 e. The lowest BCUT2D eigenvalue weighted by Gasteiger charge is -2.19. The van der Waals surface area contributed by atoms with Gasteiger partial charge in [0.1, 0.15) is 6.29 Å². The average Bonchev–Trinajstić information content (AvgIpc) is 1.85. The number of carbonyl (C=O) groups excluding carboxylic acids is 1. The van der Waals surface area contributed by atoms with Gasteiger partial charge >= 0.3 is 0 Å². The maximum atomic E-state index is 9.92. The predicted octanol–water partition coefficient (Wildman–Crippen LogP) is 2.17. The Morgan fingerprint density at radius 1 is 1.27 bits per heavy atom. The minimum atomic E-state index is -0.0405. The predicted molar refractivity (Wildman–Crippen MR) is 45.6 cm³/mol. The Hall–Kier alpha value is -0.370. The molecular formula is C9H18O2. The van der Waals surface area contributed by atoms with E-state index in [2.05, 4.69) is 0 Å². The number of ether oxygens (including phenoxy) is 1. The van der Waals surface area contributed by atoms with Crippen molar-refractivity contribution in [2.45, 2.75) is 45.6 Å².